The fourth-order valence-electron chi connectivity index (χ4n) is 2.74. The molecule has 0 aromatic carbocycles. The first kappa shape index (κ1) is 15.0. The molecule has 0 radical (unpaired) electrons. The van der Waals surface area contributed by atoms with Crippen molar-refractivity contribution >= 4 is 0 Å². The highest BCUT2D eigenvalue weighted by molar-refractivity contribution is 4.88. The molecule has 1 fully saturated rings. The molecule has 1 aliphatic rings. The van der Waals surface area contributed by atoms with Crippen LogP contribution in [0, 0.1) is 11.3 Å². The lowest BCUT2D eigenvalue weighted by Crippen LogP contribution is -2.42. The molecular formula is C15H32N2. The molecule has 17 heavy (non-hydrogen) atoms. The first-order valence-electron chi connectivity index (χ1n) is 7.38. The van der Waals surface area contributed by atoms with Gasteiger partial charge in [-0.25, -0.2) is 0 Å². The van der Waals surface area contributed by atoms with Crippen molar-refractivity contribution in [2.45, 2.75) is 59.4 Å². The Morgan fingerprint density at radius 2 is 2.00 bits per heavy atom. The van der Waals surface area contributed by atoms with Gasteiger partial charge in [0.2, 0.25) is 0 Å². The molecule has 1 unspecified atom stereocenters. The second-order valence-corrected chi connectivity index (χ2v) is 6.73. The Bertz CT molecular complexity index is 211. The minimum Gasteiger partial charge on any atom is -0.316 e. The molecular weight excluding hydrogens is 208 g/mol. The van der Waals surface area contributed by atoms with Gasteiger partial charge in [0.05, 0.1) is 0 Å². The zero-order chi connectivity index (χ0) is 12.9. The van der Waals surface area contributed by atoms with E-state index in [0.717, 1.165) is 25.0 Å². The van der Waals surface area contributed by atoms with Gasteiger partial charge < -0.3 is 10.2 Å². The van der Waals surface area contributed by atoms with Crippen LogP contribution in [0.5, 0.6) is 0 Å². The van der Waals surface area contributed by atoms with Crippen molar-refractivity contribution in [1.29, 1.82) is 0 Å². The first-order valence-corrected chi connectivity index (χ1v) is 7.38. The predicted molar refractivity (Wildman–Crippen MR) is 76.4 cm³/mol. The fourth-order valence-corrected chi connectivity index (χ4v) is 2.74. The van der Waals surface area contributed by atoms with Crippen molar-refractivity contribution in [3.8, 4) is 0 Å². The molecule has 0 bridgehead atoms. The molecule has 0 saturated heterocycles. The van der Waals surface area contributed by atoms with Crippen LogP contribution in [0.15, 0.2) is 0 Å². The quantitative estimate of drug-likeness (QED) is 0.666. The molecule has 0 aliphatic heterocycles. The second kappa shape index (κ2) is 6.75. The lowest BCUT2D eigenvalue weighted by molar-refractivity contribution is 0.166. The van der Waals surface area contributed by atoms with E-state index < -0.39 is 0 Å². The fraction of sp³-hybridized carbons (Fsp3) is 1.00. The third kappa shape index (κ3) is 5.87. The molecule has 1 atom stereocenters. The average molecular weight is 240 g/mol. The molecule has 1 saturated carbocycles. The lowest BCUT2D eigenvalue weighted by atomic mass is 9.84. The molecule has 0 heterocycles. The van der Waals surface area contributed by atoms with Gasteiger partial charge in [0.15, 0.2) is 0 Å². The van der Waals surface area contributed by atoms with Crippen molar-refractivity contribution in [3.05, 3.63) is 0 Å². The zero-order valence-corrected chi connectivity index (χ0v) is 12.6. The van der Waals surface area contributed by atoms with Crippen molar-refractivity contribution in [2.75, 3.05) is 26.7 Å². The Kier molecular flexibility index (Phi) is 5.94. The zero-order valence-electron chi connectivity index (χ0n) is 12.6. The maximum atomic E-state index is 3.65. The van der Waals surface area contributed by atoms with Crippen molar-refractivity contribution in [2.24, 2.45) is 11.3 Å². The molecule has 1 aliphatic carbocycles. The third-order valence-corrected chi connectivity index (χ3v) is 3.76. The highest BCUT2D eigenvalue weighted by Gasteiger charge is 2.32. The maximum Gasteiger partial charge on any atom is 0.00936 e. The topological polar surface area (TPSA) is 15.3 Å². The lowest BCUT2D eigenvalue weighted by Gasteiger charge is -2.34. The number of hydrogen-bond donors (Lipinski definition) is 1. The molecule has 0 spiro atoms. The molecule has 0 aromatic heterocycles. The van der Waals surface area contributed by atoms with Gasteiger partial charge in [-0.05, 0) is 44.2 Å². The van der Waals surface area contributed by atoms with Gasteiger partial charge in [0, 0.05) is 19.1 Å². The van der Waals surface area contributed by atoms with Crippen LogP contribution in [-0.4, -0.2) is 37.6 Å². The molecule has 1 N–H and O–H groups in total. The summed E-state index contributed by atoms with van der Waals surface area (Å²) in [7, 11) is 2.30. The smallest absolute Gasteiger partial charge is 0.00936 e. The standard InChI is InChI=1S/C15H32N2/c1-6-9-15(4,11-16-10-13(2)3)12-17(5)14-7-8-14/h13-14,16H,6-12H2,1-5H3. The summed E-state index contributed by atoms with van der Waals surface area (Å²) in [5.74, 6) is 0.752. The summed E-state index contributed by atoms with van der Waals surface area (Å²) in [6.07, 6.45) is 5.45. The van der Waals surface area contributed by atoms with Crippen LogP contribution in [-0.2, 0) is 0 Å². The van der Waals surface area contributed by atoms with Gasteiger partial charge >= 0.3 is 0 Å². The van der Waals surface area contributed by atoms with Gasteiger partial charge in [-0.3, -0.25) is 0 Å². The van der Waals surface area contributed by atoms with Gasteiger partial charge in [0.25, 0.3) is 0 Å². The Labute approximate surface area is 108 Å². The Morgan fingerprint density at radius 3 is 2.47 bits per heavy atom. The molecule has 0 aromatic rings. The number of hydrogen-bond acceptors (Lipinski definition) is 2. The van der Waals surface area contributed by atoms with E-state index in [4.69, 9.17) is 0 Å². The van der Waals surface area contributed by atoms with Crippen LogP contribution < -0.4 is 5.32 Å². The second-order valence-electron chi connectivity index (χ2n) is 6.73. The summed E-state index contributed by atoms with van der Waals surface area (Å²) < 4.78 is 0. The normalized spacial score (nSPS) is 19.9. The van der Waals surface area contributed by atoms with Crippen molar-refractivity contribution in [1.82, 2.24) is 10.2 Å². The van der Waals surface area contributed by atoms with E-state index in [9.17, 15) is 0 Å². The number of rotatable bonds is 9. The molecule has 2 heteroatoms. The van der Waals surface area contributed by atoms with Gasteiger partial charge in [-0.1, -0.05) is 34.1 Å². The van der Waals surface area contributed by atoms with Gasteiger partial charge in [0.1, 0.15) is 0 Å². The molecule has 0 amide bonds. The maximum absolute atomic E-state index is 3.65. The summed E-state index contributed by atoms with van der Waals surface area (Å²) in [6, 6.07) is 0.885. The minimum absolute atomic E-state index is 0.445. The monoisotopic (exact) mass is 240 g/mol. The van der Waals surface area contributed by atoms with Crippen LogP contribution in [0.3, 0.4) is 0 Å². The minimum atomic E-state index is 0.445. The van der Waals surface area contributed by atoms with Crippen LogP contribution in [0.25, 0.3) is 0 Å². The van der Waals surface area contributed by atoms with E-state index in [0.29, 0.717) is 5.41 Å². The Morgan fingerprint density at radius 1 is 1.35 bits per heavy atom. The molecule has 1 rings (SSSR count). The Balaban J connectivity index is 2.36. The van der Waals surface area contributed by atoms with Crippen LogP contribution in [0.2, 0.25) is 0 Å². The van der Waals surface area contributed by atoms with E-state index in [2.05, 4.69) is 45.0 Å². The van der Waals surface area contributed by atoms with Crippen LogP contribution in [0.1, 0.15) is 53.4 Å². The van der Waals surface area contributed by atoms with Crippen molar-refractivity contribution in [3.63, 3.8) is 0 Å². The van der Waals surface area contributed by atoms with Gasteiger partial charge in [-0.2, -0.15) is 0 Å². The predicted octanol–water partition coefficient (Wildman–Crippen LogP) is 3.13. The van der Waals surface area contributed by atoms with Crippen LogP contribution in [0.4, 0.5) is 0 Å². The van der Waals surface area contributed by atoms with Crippen LogP contribution >= 0.6 is 0 Å². The summed E-state index contributed by atoms with van der Waals surface area (Å²) in [5, 5.41) is 3.65. The van der Waals surface area contributed by atoms with E-state index >= 15 is 0 Å². The Hall–Kier alpha value is -0.0800. The van der Waals surface area contributed by atoms with Crippen molar-refractivity contribution < 1.29 is 0 Å². The summed E-state index contributed by atoms with van der Waals surface area (Å²) >= 11 is 0. The summed E-state index contributed by atoms with van der Waals surface area (Å²) in [4.78, 5) is 2.58. The largest absolute Gasteiger partial charge is 0.316 e. The van der Waals surface area contributed by atoms with E-state index in [1.165, 1.54) is 32.2 Å². The third-order valence-electron chi connectivity index (χ3n) is 3.76. The SMILES string of the molecule is CCCC(C)(CNCC(C)C)CN(C)C1CC1. The van der Waals surface area contributed by atoms with Gasteiger partial charge in [-0.15, -0.1) is 0 Å². The molecule has 2 nitrogen and oxygen atoms in total. The highest BCUT2D eigenvalue weighted by Crippen LogP contribution is 2.30. The van der Waals surface area contributed by atoms with E-state index in [1.807, 2.05) is 0 Å². The number of nitrogens with zero attached hydrogens (tertiary/aromatic N) is 1. The van der Waals surface area contributed by atoms with E-state index in [1.54, 1.807) is 0 Å². The summed E-state index contributed by atoms with van der Waals surface area (Å²) in [5.41, 5.74) is 0.445. The average Bonchev–Trinajstić information content (AvgIpc) is 2.99. The first-order chi connectivity index (χ1) is 7.97. The summed E-state index contributed by atoms with van der Waals surface area (Å²) in [6.45, 7) is 12.9. The number of nitrogens with one attached hydrogen (secondary N) is 1. The van der Waals surface area contributed by atoms with E-state index in [-0.39, 0.29) is 0 Å². The molecule has 102 valence electrons. The highest BCUT2D eigenvalue weighted by atomic mass is 15.2.